The summed E-state index contributed by atoms with van der Waals surface area (Å²) in [6, 6.07) is 3.98. The van der Waals surface area contributed by atoms with Crippen LogP contribution in [0, 0.1) is 13.8 Å². The number of aryl methyl sites for hydroxylation is 1. The summed E-state index contributed by atoms with van der Waals surface area (Å²) in [6.45, 7) is 4.11. The Hall–Kier alpha value is -1.14. The Morgan fingerprint density at radius 3 is 2.71 bits per heavy atom. The number of nitrogens with zero attached hydrogens (tertiary/aromatic N) is 2. The maximum absolute atomic E-state index is 11.1. The van der Waals surface area contributed by atoms with E-state index < -0.39 is 5.97 Å². The van der Waals surface area contributed by atoms with Gasteiger partial charge in [-0.05, 0) is 41.9 Å². The highest BCUT2D eigenvalue weighted by Gasteiger charge is 2.17. The first-order chi connectivity index (χ1) is 7.99. The molecule has 0 aromatic carbocycles. The normalized spacial score (nSPS) is 10.8. The maximum Gasteiger partial charge on any atom is 0.339 e. The minimum atomic E-state index is -0.918. The van der Waals surface area contributed by atoms with Gasteiger partial charge in [0.15, 0.2) is 0 Å². The van der Waals surface area contributed by atoms with Crippen LogP contribution in [0.2, 0.25) is 0 Å². The summed E-state index contributed by atoms with van der Waals surface area (Å²) in [5, 5.41) is 13.3. The average molecular weight is 315 g/mol. The molecule has 0 saturated heterocycles. The van der Waals surface area contributed by atoms with Crippen LogP contribution in [0.3, 0.4) is 0 Å². The van der Waals surface area contributed by atoms with Crippen molar-refractivity contribution in [2.75, 3.05) is 0 Å². The number of aromatic carboxylic acids is 1. The summed E-state index contributed by atoms with van der Waals surface area (Å²) in [5.41, 5.74) is 1.56. The number of hydrogen-bond acceptors (Lipinski definition) is 3. The van der Waals surface area contributed by atoms with Crippen molar-refractivity contribution < 1.29 is 9.90 Å². The highest BCUT2D eigenvalue weighted by molar-refractivity contribution is 9.11. The van der Waals surface area contributed by atoms with Gasteiger partial charge in [0, 0.05) is 4.88 Å². The van der Waals surface area contributed by atoms with E-state index in [1.54, 1.807) is 29.9 Å². The monoisotopic (exact) mass is 314 g/mol. The smallest absolute Gasteiger partial charge is 0.339 e. The molecule has 0 unspecified atom stereocenters. The van der Waals surface area contributed by atoms with Gasteiger partial charge in [0.05, 0.1) is 21.7 Å². The van der Waals surface area contributed by atoms with E-state index in [4.69, 9.17) is 5.11 Å². The van der Waals surface area contributed by atoms with E-state index in [9.17, 15) is 4.79 Å². The fourth-order valence-corrected chi connectivity index (χ4v) is 3.21. The van der Waals surface area contributed by atoms with Gasteiger partial charge in [-0.15, -0.1) is 11.3 Å². The second kappa shape index (κ2) is 4.62. The fourth-order valence-electron chi connectivity index (χ4n) is 1.74. The van der Waals surface area contributed by atoms with E-state index >= 15 is 0 Å². The molecular formula is C11H11BrN2O2S. The van der Waals surface area contributed by atoms with Gasteiger partial charge in [0.1, 0.15) is 5.56 Å². The molecular weight excluding hydrogens is 304 g/mol. The molecule has 0 aliphatic carbocycles. The lowest BCUT2D eigenvalue weighted by Crippen LogP contribution is -2.04. The van der Waals surface area contributed by atoms with Gasteiger partial charge in [0.25, 0.3) is 0 Å². The summed E-state index contributed by atoms with van der Waals surface area (Å²) in [4.78, 5) is 12.2. The minimum Gasteiger partial charge on any atom is -0.478 e. The molecule has 0 amide bonds. The highest BCUT2D eigenvalue weighted by Crippen LogP contribution is 2.23. The molecule has 0 bridgehead atoms. The lowest BCUT2D eigenvalue weighted by atomic mass is 10.2. The molecule has 0 aliphatic heterocycles. The molecule has 17 heavy (non-hydrogen) atoms. The van der Waals surface area contributed by atoms with Crippen LogP contribution < -0.4 is 0 Å². The number of thiophene rings is 1. The van der Waals surface area contributed by atoms with Gasteiger partial charge < -0.3 is 5.11 Å². The summed E-state index contributed by atoms with van der Waals surface area (Å²) < 4.78 is 2.80. The van der Waals surface area contributed by atoms with Gasteiger partial charge in [0.2, 0.25) is 0 Å². The van der Waals surface area contributed by atoms with Gasteiger partial charge >= 0.3 is 5.97 Å². The second-order valence-corrected chi connectivity index (χ2v) is 6.26. The number of carboxylic acids is 1. The number of carbonyl (C=O) groups is 1. The first-order valence-electron chi connectivity index (χ1n) is 5.00. The molecule has 0 saturated carbocycles. The Balaban J connectivity index is 2.34. The number of rotatable bonds is 3. The Kier molecular flexibility index (Phi) is 3.35. The van der Waals surface area contributed by atoms with Crippen LogP contribution in [0.25, 0.3) is 0 Å². The van der Waals surface area contributed by atoms with Crippen LogP contribution in [-0.2, 0) is 6.54 Å². The SMILES string of the molecule is Cc1nn(Cc2ccc(Br)s2)c(C)c1C(=O)O. The number of carboxylic acid groups (broad SMARTS) is 1. The van der Waals surface area contributed by atoms with Crippen molar-refractivity contribution in [1.82, 2.24) is 9.78 Å². The zero-order valence-corrected chi connectivity index (χ0v) is 11.8. The largest absolute Gasteiger partial charge is 0.478 e. The Bertz CT molecular complexity index is 574. The predicted octanol–water partition coefficient (Wildman–Crippen LogP) is 3.07. The predicted molar refractivity (Wildman–Crippen MR) is 69.8 cm³/mol. The van der Waals surface area contributed by atoms with E-state index in [1.807, 2.05) is 12.1 Å². The lowest BCUT2D eigenvalue weighted by molar-refractivity contribution is 0.0695. The lowest BCUT2D eigenvalue weighted by Gasteiger charge is -2.01. The summed E-state index contributed by atoms with van der Waals surface area (Å²) in [5.74, 6) is -0.918. The van der Waals surface area contributed by atoms with Crippen molar-refractivity contribution in [2.24, 2.45) is 0 Å². The van der Waals surface area contributed by atoms with Gasteiger partial charge in [-0.25, -0.2) is 4.79 Å². The second-order valence-electron chi connectivity index (χ2n) is 3.71. The highest BCUT2D eigenvalue weighted by atomic mass is 79.9. The van der Waals surface area contributed by atoms with Crippen LogP contribution >= 0.6 is 27.3 Å². The third-order valence-electron chi connectivity index (χ3n) is 2.53. The quantitative estimate of drug-likeness (QED) is 0.947. The van der Waals surface area contributed by atoms with E-state index in [0.29, 0.717) is 23.5 Å². The third-order valence-corrected chi connectivity index (χ3v) is 4.14. The van der Waals surface area contributed by atoms with Gasteiger partial charge in [-0.2, -0.15) is 5.10 Å². The van der Waals surface area contributed by atoms with Crippen molar-refractivity contribution in [2.45, 2.75) is 20.4 Å². The fraction of sp³-hybridized carbons (Fsp3) is 0.273. The number of hydrogen-bond donors (Lipinski definition) is 1. The number of halogens is 1. The van der Waals surface area contributed by atoms with Crippen LogP contribution in [-0.4, -0.2) is 20.9 Å². The van der Waals surface area contributed by atoms with E-state index in [0.717, 1.165) is 8.66 Å². The zero-order chi connectivity index (χ0) is 12.6. The first kappa shape index (κ1) is 12.3. The summed E-state index contributed by atoms with van der Waals surface area (Å²) in [7, 11) is 0. The topological polar surface area (TPSA) is 55.1 Å². The molecule has 0 spiro atoms. The van der Waals surface area contributed by atoms with Crippen LogP contribution in [0.5, 0.6) is 0 Å². The molecule has 2 heterocycles. The molecule has 0 atom stereocenters. The molecule has 4 nitrogen and oxygen atoms in total. The van der Waals surface area contributed by atoms with Crippen LogP contribution in [0.4, 0.5) is 0 Å². The standard InChI is InChI=1S/C11H11BrN2O2S/c1-6-10(11(15)16)7(2)14(13-6)5-8-3-4-9(12)17-8/h3-4H,5H2,1-2H3,(H,15,16). The number of aromatic nitrogens is 2. The summed E-state index contributed by atoms with van der Waals surface area (Å²) in [6.07, 6.45) is 0. The van der Waals surface area contributed by atoms with Crippen LogP contribution in [0.1, 0.15) is 26.6 Å². The Morgan fingerprint density at radius 1 is 1.53 bits per heavy atom. The Labute approximate surface area is 111 Å². The molecule has 2 aromatic rings. The maximum atomic E-state index is 11.1. The first-order valence-corrected chi connectivity index (χ1v) is 6.61. The molecule has 0 aliphatic rings. The Morgan fingerprint density at radius 2 is 2.24 bits per heavy atom. The third kappa shape index (κ3) is 2.42. The molecule has 1 N–H and O–H groups in total. The molecule has 0 radical (unpaired) electrons. The van der Waals surface area contributed by atoms with E-state index in [1.165, 1.54) is 0 Å². The molecule has 2 aromatic heterocycles. The molecule has 2 rings (SSSR count). The van der Waals surface area contributed by atoms with E-state index in [-0.39, 0.29) is 0 Å². The van der Waals surface area contributed by atoms with Crippen molar-refractivity contribution in [1.29, 1.82) is 0 Å². The minimum absolute atomic E-state index is 0.306. The van der Waals surface area contributed by atoms with Crippen molar-refractivity contribution in [3.05, 3.63) is 37.7 Å². The van der Waals surface area contributed by atoms with E-state index in [2.05, 4.69) is 21.0 Å². The van der Waals surface area contributed by atoms with Crippen molar-refractivity contribution in [3.8, 4) is 0 Å². The van der Waals surface area contributed by atoms with Gasteiger partial charge in [-0.1, -0.05) is 0 Å². The average Bonchev–Trinajstić information content (AvgIpc) is 2.73. The summed E-state index contributed by atoms with van der Waals surface area (Å²) >= 11 is 5.02. The molecule has 90 valence electrons. The van der Waals surface area contributed by atoms with Crippen molar-refractivity contribution in [3.63, 3.8) is 0 Å². The molecule has 6 heteroatoms. The van der Waals surface area contributed by atoms with Crippen LogP contribution in [0.15, 0.2) is 15.9 Å². The molecule has 0 fully saturated rings. The van der Waals surface area contributed by atoms with Crippen molar-refractivity contribution >= 4 is 33.2 Å². The van der Waals surface area contributed by atoms with Gasteiger partial charge in [-0.3, -0.25) is 4.68 Å². The zero-order valence-electron chi connectivity index (χ0n) is 9.40.